The molecule has 136 valence electrons. The number of morpholine rings is 1. The summed E-state index contributed by atoms with van der Waals surface area (Å²) < 4.78 is 5.09. The third kappa shape index (κ3) is 4.99. The Kier molecular flexibility index (Phi) is 5.99. The van der Waals surface area contributed by atoms with Gasteiger partial charge in [-0.25, -0.2) is 0 Å². The Morgan fingerprint density at radius 3 is 3.00 bits per heavy atom. The molecule has 0 bridgehead atoms. The van der Waals surface area contributed by atoms with Crippen LogP contribution in [0.2, 0.25) is 0 Å². The molecule has 2 saturated heterocycles. The van der Waals surface area contributed by atoms with Crippen molar-refractivity contribution in [3.8, 4) is 0 Å². The Morgan fingerprint density at radius 2 is 2.28 bits per heavy atom. The molecule has 0 aliphatic carbocycles. The molecule has 0 aromatic carbocycles. The van der Waals surface area contributed by atoms with Crippen LogP contribution in [0, 0.1) is 5.92 Å². The van der Waals surface area contributed by atoms with Gasteiger partial charge in [0.25, 0.3) is 0 Å². The predicted molar refractivity (Wildman–Crippen MR) is 92.6 cm³/mol. The van der Waals surface area contributed by atoms with E-state index in [4.69, 9.17) is 4.74 Å². The van der Waals surface area contributed by atoms with Crippen molar-refractivity contribution in [1.29, 1.82) is 0 Å². The number of carbonyl (C=O) groups excluding carboxylic acids is 2. The molecule has 0 radical (unpaired) electrons. The van der Waals surface area contributed by atoms with E-state index in [1.54, 1.807) is 4.90 Å². The molecule has 7 nitrogen and oxygen atoms in total. The van der Waals surface area contributed by atoms with Gasteiger partial charge in [-0.1, -0.05) is 13.0 Å². The van der Waals surface area contributed by atoms with Crippen LogP contribution in [-0.4, -0.2) is 72.0 Å². The lowest BCUT2D eigenvalue weighted by atomic mass is 9.93. The minimum absolute atomic E-state index is 0.0784. The average molecular weight is 346 g/mol. The van der Waals surface area contributed by atoms with Gasteiger partial charge in [-0.15, -0.1) is 0 Å². The number of rotatable bonds is 5. The number of carbonyl (C=O) groups is 2. The van der Waals surface area contributed by atoms with Gasteiger partial charge in [-0.3, -0.25) is 19.5 Å². The molecule has 2 amide bonds. The summed E-state index contributed by atoms with van der Waals surface area (Å²) in [5.74, 6) is 0.173. The third-order valence-corrected chi connectivity index (χ3v) is 4.87. The fourth-order valence-electron chi connectivity index (χ4n) is 3.45. The minimum atomic E-state index is -0.111. The number of nitrogens with one attached hydrogen (secondary N) is 1. The summed E-state index contributed by atoms with van der Waals surface area (Å²) in [6.45, 7) is 6.06. The molecule has 7 heteroatoms. The highest BCUT2D eigenvalue weighted by molar-refractivity contribution is 5.85. The molecular weight excluding hydrogens is 320 g/mol. The molecular formula is C18H26N4O3. The highest BCUT2D eigenvalue weighted by Gasteiger charge is 2.28. The molecule has 2 aliphatic rings. The SMILES string of the molecule is C[C@@H]1CN(Cc2ccccn2)CC[C@H]1NC(=O)CN1CCOCC1=O. The van der Waals surface area contributed by atoms with Crippen LogP contribution in [0.25, 0.3) is 0 Å². The van der Waals surface area contributed by atoms with Crippen molar-refractivity contribution in [3.05, 3.63) is 30.1 Å². The Balaban J connectivity index is 1.45. The standard InChI is InChI=1S/C18H26N4O3/c1-14-10-21(11-15-4-2-3-6-19-15)7-5-16(14)20-17(23)12-22-8-9-25-13-18(22)24/h2-4,6,14,16H,5,7-13H2,1H3,(H,20,23)/t14-,16-/m1/s1. The van der Waals surface area contributed by atoms with E-state index >= 15 is 0 Å². The Labute approximate surface area is 148 Å². The van der Waals surface area contributed by atoms with Gasteiger partial charge < -0.3 is 15.0 Å². The van der Waals surface area contributed by atoms with Gasteiger partial charge >= 0.3 is 0 Å². The van der Waals surface area contributed by atoms with Crippen molar-refractivity contribution in [2.24, 2.45) is 5.92 Å². The van der Waals surface area contributed by atoms with Gasteiger partial charge in [0, 0.05) is 38.4 Å². The zero-order valence-corrected chi connectivity index (χ0v) is 14.7. The topological polar surface area (TPSA) is 74.8 Å². The van der Waals surface area contributed by atoms with Crippen molar-refractivity contribution >= 4 is 11.8 Å². The van der Waals surface area contributed by atoms with Crippen LogP contribution in [0.4, 0.5) is 0 Å². The van der Waals surface area contributed by atoms with Crippen LogP contribution in [0.5, 0.6) is 0 Å². The van der Waals surface area contributed by atoms with Crippen LogP contribution in [-0.2, 0) is 20.9 Å². The lowest BCUT2D eigenvalue weighted by Crippen LogP contribution is -2.53. The molecule has 2 atom stereocenters. The number of ether oxygens (including phenoxy) is 1. The molecule has 2 aliphatic heterocycles. The first-order valence-corrected chi connectivity index (χ1v) is 8.89. The van der Waals surface area contributed by atoms with Crippen LogP contribution in [0.1, 0.15) is 19.0 Å². The van der Waals surface area contributed by atoms with E-state index in [2.05, 4.69) is 22.1 Å². The van der Waals surface area contributed by atoms with Gasteiger partial charge in [0.2, 0.25) is 11.8 Å². The molecule has 0 spiro atoms. The first-order valence-electron chi connectivity index (χ1n) is 8.89. The van der Waals surface area contributed by atoms with Crippen LogP contribution in [0.15, 0.2) is 24.4 Å². The van der Waals surface area contributed by atoms with E-state index in [9.17, 15) is 9.59 Å². The van der Waals surface area contributed by atoms with Gasteiger partial charge in [0.15, 0.2) is 0 Å². The minimum Gasteiger partial charge on any atom is -0.370 e. The summed E-state index contributed by atoms with van der Waals surface area (Å²) in [5, 5.41) is 3.10. The van der Waals surface area contributed by atoms with E-state index in [1.807, 2.05) is 24.4 Å². The summed E-state index contributed by atoms with van der Waals surface area (Å²) in [6, 6.07) is 6.13. The number of piperidine rings is 1. The van der Waals surface area contributed by atoms with Gasteiger partial charge in [0.1, 0.15) is 6.61 Å². The smallest absolute Gasteiger partial charge is 0.249 e. The number of aromatic nitrogens is 1. The maximum Gasteiger partial charge on any atom is 0.249 e. The monoisotopic (exact) mass is 346 g/mol. The Morgan fingerprint density at radius 1 is 1.40 bits per heavy atom. The number of pyridine rings is 1. The number of nitrogens with zero attached hydrogens (tertiary/aromatic N) is 3. The van der Waals surface area contributed by atoms with Crippen LogP contribution in [0.3, 0.4) is 0 Å². The van der Waals surface area contributed by atoms with Crippen LogP contribution >= 0.6 is 0 Å². The zero-order chi connectivity index (χ0) is 17.6. The lowest BCUT2D eigenvalue weighted by Gasteiger charge is -2.37. The van der Waals surface area contributed by atoms with Gasteiger partial charge in [0.05, 0.1) is 18.8 Å². The number of likely N-dealkylation sites (tertiary alicyclic amines) is 1. The van der Waals surface area contributed by atoms with Gasteiger partial charge in [-0.05, 0) is 24.5 Å². The van der Waals surface area contributed by atoms with Crippen molar-refractivity contribution in [2.45, 2.75) is 25.9 Å². The first-order chi connectivity index (χ1) is 12.1. The third-order valence-electron chi connectivity index (χ3n) is 4.87. The number of hydrogen-bond acceptors (Lipinski definition) is 5. The summed E-state index contributed by atoms with van der Waals surface area (Å²) >= 11 is 0. The van der Waals surface area contributed by atoms with Crippen LogP contribution < -0.4 is 5.32 Å². The largest absolute Gasteiger partial charge is 0.370 e. The molecule has 0 saturated carbocycles. The molecule has 1 aromatic heterocycles. The van der Waals surface area contributed by atoms with Crippen molar-refractivity contribution < 1.29 is 14.3 Å². The molecule has 1 aromatic rings. The summed E-state index contributed by atoms with van der Waals surface area (Å²) in [6.07, 6.45) is 2.73. The Hall–Kier alpha value is -1.99. The zero-order valence-electron chi connectivity index (χ0n) is 14.7. The second-order valence-corrected chi connectivity index (χ2v) is 6.86. The van der Waals surface area contributed by atoms with E-state index in [-0.39, 0.29) is 31.0 Å². The summed E-state index contributed by atoms with van der Waals surface area (Å²) in [4.78, 5) is 32.3. The lowest BCUT2D eigenvalue weighted by molar-refractivity contribution is -0.146. The normalized spacial score (nSPS) is 25.0. The molecule has 3 rings (SSSR count). The predicted octanol–water partition coefficient (Wildman–Crippen LogP) is 0.267. The maximum absolute atomic E-state index is 12.3. The van der Waals surface area contributed by atoms with Crippen molar-refractivity contribution in [3.63, 3.8) is 0 Å². The quantitative estimate of drug-likeness (QED) is 0.828. The van der Waals surface area contributed by atoms with E-state index < -0.39 is 0 Å². The number of hydrogen-bond donors (Lipinski definition) is 1. The summed E-state index contributed by atoms with van der Waals surface area (Å²) in [7, 11) is 0. The van der Waals surface area contributed by atoms with E-state index in [0.29, 0.717) is 19.1 Å². The average Bonchev–Trinajstić information content (AvgIpc) is 2.60. The molecule has 3 heterocycles. The highest BCUT2D eigenvalue weighted by atomic mass is 16.5. The summed E-state index contributed by atoms with van der Waals surface area (Å²) in [5.41, 5.74) is 1.07. The molecule has 0 unspecified atom stereocenters. The molecule has 25 heavy (non-hydrogen) atoms. The fraction of sp³-hybridized carbons (Fsp3) is 0.611. The van der Waals surface area contributed by atoms with E-state index in [0.717, 1.165) is 31.7 Å². The van der Waals surface area contributed by atoms with E-state index in [1.165, 1.54) is 0 Å². The molecule has 2 fully saturated rings. The maximum atomic E-state index is 12.3. The highest BCUT2D eigenvalue weighted by Crippen LogP contribution is 2.18. The molecule has 1 N–H and O–H groups in total. The van der Waals surface area contributed by atoms with Crippen molar-refractivity contribution in [2.75, 3.05) is 39.4 Å². The fourth-order valence-corrected chi connectivity index (χ4v) is 3.45. The second kappa shape index (κ2) is 8.40. The Bertz CT molecular complexity index is 595. The number of amides is 2. The first kappa shape index (κ1) is 17.8. The van der Waals surface area contributed by atoms with Crippen molar-refractivity contribution in [1.82, 2.24) is 20.1 Å². The second-order valence-electron chi connectivity index (χ2n) is 6.86. The van der Waals surface area contributed by atoms with Gasteiger partial charge in [-0.2, -0.15) is 0 Å².